The number of hydrazone groups is 1. The van der Waals surface area contributed by atoms with Crippen LogP contribution in [-0.2, 0) is 0 Å². The summed E-state index contributed by atoms with van der Waals surface area (Å²) in [5.41, 5.74) is 1.86. The molecule has 0 aliphatic rings. The van der Waals surface area contributed by atoms with Crippen molar-refractivity contribution < 1.29 is 13.9 Å². The van der Waals surface area contributed by atoms with Crippen LogP contribution in [0.25, 0.3) is 10.2 Å². The van der Waals surface area contributed by atoms with Gasteiger partial charge >= 0.3 is 0 Å². The molecule has 30 heavy (non-hydrogen) atoms. The van der Waals surface area contributed by atoms with Crippen LogP contribution in [0.4, 0.5) is 9.52 Å². The summed E-state index contributed by atoms with van der Waals surface area (Å²) >= 11 is 4.79. The summed E-state index contributed by atoms with van der Waals surface area (Å²) in [4.78, 5) is 17.7. The quantitative estimate of drug-likeness (QED) is 0.262. The maximum Gasteiger partial charge on any atom is 0.280 e. The Kier molecular flexibility index (Phi) is 5.87. The Morgan fingerprint density at radius 2 is 1.87 bits per heavy atom. The standard InChI is InChI=1S/C22H15BrFN3O2S/c1-29-18-9-2-14(3-10-18)13-25-27(21(28)15-4-7-17(24)8-5-15)22-26-19-11-6-16(23)12-20(19)30-22/h2-13H,1H3/b25-13+. The van der Waals surface area contributed by atoms with Gasteiger partial charge in [-0.3, -0.25) is 4.79 Å². The lowest BCUT2D eigenvalue weighted by Crippen LogP contribution is -2.25. The Bertz CT molecular complexity index is 1220. The zero-order valence-electron chi connectivity index (χ0n) is 15.8. The topological polar surface area (TPSA) is 54.8 Å². The van der Waals surface area contributed by atoms with Crippen molar-refractivity contribution in [1.29, 1.82) is 0 Å². The van der Waals surface area contributed by atoms with Crippen LogP contribution >= 0.6 is 27.3 Å². The van der Waals surface area contributed by atoms with Crippen molar-refractivity contribution in [3.63, 3.8) is 0 Å². The number of halogens is 2. The minimum Gasteiger partial charge on any atom is -0.497 e. The molecule has 1 aromatic heterocycles. The highest BCUT2D eigenvalue weighted by molar-refractivity contribution is 9.10. The molecule has 4 rings (SSSR count). The number of ether oxygens (including phenoxy) is 1. The predicted molar refractivity (Wildman–Crippen MR) is 121 cm³/mol. The molecule has 0 spiro atoms. The molecule has 4 aromatic rings. The Labute approximate surface area is 184 Å². The Morgan fingerprint density at radius 1 is 1.13 bits per heavy atom. The van der Waals surface area contributed by atoms with Crippen molar-refractivity contribution in [2.24, 2.45) is 5.10 Å². The van der Waals surface area contributed by atoms with Crippen molar-refractivity contribution in [1.82, 2.24) is 4.98 Å². The fourth-order valence-corrected chi connectivity index (χ4v) is 4.17. The molecular weight excluding hydrogens is 469 g/mol. The second-order valence-electron chi connectivity index (χ2n) is 6.25. The molecule has 0 unspecified atom stereocenters. The maximum atomic E-state index is 13.3. The monoisotopic (exact) mass is 483 g/mol. The molecule has 0 fully saturated rings. The molecule has 0 saturated carbocycles. The first-order chi connectivity index (χ1) is 14.5. The van der Waals surface area contributed by atoms with Crippen LogP contribution in [-0.4, -0.2) is 24.2 Å². The lowest BCUT2D eigenvalue weighted by molar-refractivity contribution is 0.0988. The van der Waals surface area contributed by atoms with E-state index in [0.717, 1.165) is 26.0 Å². The highest BCUT2D eigenvalue weighted by atomic mass is 79.9. The average molecular weight is 484 g/mol. The molecule has 1 amide bonds. The van der Waals surface area contributed by atoms with E-state index < -0.39 is 11.7 Å². The molecule has 0 aliphatic heterocycles. The molecule has 0 aliphatic carbocycles. The average Bonchev–Trinajstić information content (AvgIpc) is 3.17. The summed E-state index contributed by atoms with van der Waals surface area (Å²) in [6.45, 7) is 0. The number of aromatic nitrogens is 1. The lowest BCUT2D eigenvalue weighted by atomic mass is 10.2. The van der Waals surface area contributed by atoms with Gasteiger partial charge < -0.3 is 4.74 Å². The lowest BCUT2D eigenvalue weighted by Gasteiger charge is -2.13. The Balaban J connectivity index is 1.73. The van der Waals surface area contributed by atoms with Gasteiger partial charge in [-0.05, 0) is 72.3 Å². The first-order valence-electron chi connectivity index (χ1n) is 8.87. The largest absolute Gasteiger partial charge is 0.497 e. The summed E-state index contributed by atoms with van der Waals surface area (Å²) in [5, 5.41) is 6.05. The summed E-state index contributed by atoms with van der Waals surface area (Å²) in [7, 11) is 1.59. The number of hydrogen-bond donors (Lipinski definition) is 0. The molecule has 5 nitrogen and oxygen atoms in total. The van der Waals surface area contributed by atoms with Gasteiger partial charge in [0.15, 0.2) is 0 Å². The van der Waals surface area contributed by atoms with E-state index in [1.54, 1.807) is 13.3 Å². The van der Waals surface area contributed by atoms with Crippen LogP contribution < -0.4 is 9.75 Å². The molecule has 0 radical (unpaired) electrons. The second kappa shape index (κ2) is 8.73. The molecular formula is C22H15BrFN3O2S. The number of benzene rings is 3. The van der Waals surface area contributed by atoms with Crippen LogP contribution in [0.15, 0.2) is 76.3 Å². The number of carbonyl (C=O) groups excluding carboxylic acids is 1. The van der Waals surface area contributed by atoms with Crippen LogP contribution in [0.3, 0.4) is 0 Å². The van der Waals surface area contributed by atoms with E-state index in [0.29, 0.717) is 10.7 Å². The van der Waals surface area contributed by atoms with Crippen LogP contribution in [0, 0.1) is 5.82 Å². The Hall–Kier alpha value is -3.10. The minimum absolute atomic E-state index is 0.309. The minimum atomic E-state index is -0.412. The first-order valence-corrected chi connectivity index (χ1v) is 10.5. The number of anilines is 1. The molecule has 0 bridgehead atoms. The van der Waals surface area contributed by atoms with Crippen LogP contribution in [0.2, 0.25) is 0 Å². The normalized spacial score (nSPS) is 11.2. The van der Waals surface area contributed by atoms with Crippen molar-refractivity contribution in [3.05, 3.63) is 88.1 Å². The van der Waals surface area contributed by atoms with Crippen LogP contribution in [0.1, 0.15) is 15.9 Å². The number of nitrogens with zero attached hydrogens (tertiary/aromatic N) is 3. The Morgan fingerprint density at radius 3 is 2.57 bits per heavy atom. The number of methoxy groups -OCH3 is 1. The van der Waals surface area contributed by atoms with Gasteiger partial charge in [0.25, 0.3) is 5.91 Å². The van der Waals surface area contributed by atoms with Crippen molar-refractivity contribution in [3.8, 4) is 5.75 Å². The second-order valence-corrected chi connectivity index (χ2v) is 8.17. The molecule has 150 valence electrons. The summed E-state index contributed by atoms with van der Waals surface area (Å²) in [6.07, 6.45) is 1.57. The van der Waals surface area contributed by atoms with E-state index in [9.17, 15) is 9.18 Å². The van der Waals surface area contributed by atoms with E-state index in [1.807, 2.05) is 42.5 Å². The van der Waals surface area contributed by atoms with Gasteiger partial charge in [0.05, 0.1) is 23.5 Å². The van der Waals surface area contributed by atoms with Crippen molar-refractivity contribution >= 4 is 54.7 Å². The van der Waals surface area contributed by atoms with E-state index in [1.165, 1.54) is 40.6 Å². The molecule has 0 saturated heterocycles. The first kappa shape index (κ1) is 20.2. The summed E-state index contributed by atoms with van der Waals surface area (Å²) in [5.74, 6) is -0.0919. The number of amides is 1. The van der Waals surface area contributed by atoms with Gasteiger partial charge in [-0.1, -0.05) is 27.3 Å². The summed E-state index contributed by atoms with van der Waals surface area (Å²) < 4.78 is 20.3. The van der Waals surface area contributed by atoms with Crippen LogP contribution in [0.5, 0.6) is 5.75 Å². The fraction of sp³-hybridized carbons (Fsp3) is 0.0455. The highest BCUT2D eigenvalue weighted by Gasteiger charge is 2.21. The SMILES string of the molecule is COc1ccc(/C=N/N(C(=O)c2ccc(F)cc2)c2nc3ccc(Br)cc3s2)cc1. The van der Waals surface area contributed by atoms with Gasteiger partial charge in [0.1, 0.15) is 11.6 Å². The molecule has 0 N–H and O–H groups in total. The van der Waals surface area contributed by atoms with Crippen molar-refractivity contribution in [2.75, 3.05) is 12.1 Å². The van der Waals surface area contributed by atoms with Gasteiger partial charge in [0.2, 0.25) is 5.13 Å². The van der Waals surface area contributed by atoms with E-state index >= 15 is 0 Å². The van der Waals surface area contributed by atoms with Gasteiger partial charge in [0, 0.05) is 10.0 Å². The van der Waals surface area contributed by atoms with E-state index in [-0.39, 0.29) is 0 Å². The van der Waals surface area contributed by atoms with Gasteiger partial charge in [-0.25, -0.2) is 9.37 Å². The predicted octanol–water partition coefficient (Wildman–Crippen LogP) is 5.89. The zero-order chi connectivity index (χ0) is 21.1. The summed E-state index contributed by atoms with van der Waals surface area (Å²) in [6, 6.07) is 18.3. The highest BCUT2D eigenvalue weighted by Crippen LogP contribution is 2.32. The molecule has 1 heterocycles. The molecule has 8 heteroatoms. The van der Waals surface area contributed by atoms with Gasteiger partial charge in [-0.2, -0.15) is 10.1 Å². The number of hydrogen-bond acceptors (Lipinski definition) is 5. The van der Waals surface area contributed by atoms with E-state index in [2.05, 4.69) is 26.0 Å². The fourth-order valence-electron chi connectivity index (χ4n) is 2.69. The third-order valence-corrected chi connectivity index (χ3v) is 5.73. The van der Waals surface area contributed by atoms with Gasteiger partial charge in [-0.15, -0.1) is 0 Å². The molecule has 3 aromatic carbocycles. The number of carbonyl (C=O) groups is 1. The number of thiazole rings is 1. The number of rotatable bonds is 5. The third-order valence-electron chi connectivity index (χ3n) is 4.24. The number of fused-ring (bicyclic) bond motifs is 1. The third kappa shape index (κ3) is 4.39. The smallest absolute Gasteiger partial charge is 0.280 e. The maximum absolute atomic E-state index is 13.3. The molecule has 0 atom stereocenters. The van der Waals surface area contributed by atoms with E-state index in [4.69, 9.17) is 4.74 Å². The zero-order valence-corrected chi connectivity index (χ0v) is 18.2. The van der Waals surface area contributed by atoms with Crippen molar-refractivity contribution in [2.45, 2.75) is 0 Å².